The van der Waals surface area contributed by atoms with Crippen molar-refractivity contribution in [3.63, 3.8) is 0 Å². The van der Waals surface area contributed by atoms with Gasteiger partial charge in [0, 0.05) is 6.42 Å². The predicted molar refractivity (Wildman–Crippen MR) is 89.8 cm³/mol. The summed E-state index contributed by atoms with van der Waals surface area (Å²) in [5.41, 5.74) is 2.72. The van der Waals surface area contributed by atoms with Crippen molar-refractivity contribution in [3.8, 4) is 0 Å². The number of allylic oxidation sites excluding steroid dienone is 3. The van der Waals surface area contributed by atoms with Gasteiger partial charge in [0.05, 0.1) is 5.41 Å². The Labute approximate surface area is 139 Å². The minimum atomic E-state index is -0.430. The molecule has 0 aromatic rings. The van der Waals surface area contributed by atoms with Gasteiger partial charge in [0.25, 0.3) is 0 Å². The fraction of sp³-hybridized carbons (Fsp3) is 0.700. The first-order valence-electron chi connectivity index (χ1n) is 8.60. The third kappa shape index (κ3) is 2.49. The average molecular weight is 316 g/mol. The van der Waals surface area contributed by atoms with E-state index >= 15 is 0 Å². The number of rotatable bonds is 3. The fourth-order valence-corrected chi connectivity index (χ4v) is 4.69. The van der Waals surface area contributed by atoms with E-state index in [4.69, 9.17) is 4.74 Å². The Bertz CT molecular complexity index is 610. The van der Waals surface area contributed by atoms with Crippen molar-refractivity contribution >= 4 is 11.8 Å². The third-order valence-corrected chi connectivity index (χ3v) is 5.95. The number of esters is 1. The van der Waals surface area contributed by atoms with Crippen LogP contribution >= 0.6 is 0 Å². The fourth-order valence-electron chi connectivity index (χ4n) is 4.69. The van der Waals surface area contributed by atoms with Gasteiger partial charge in [-0.1, -0.05) is 17.7 Å². The SMILES string of the molecule is C=C(C)C1CC(=O)C(C)=C(C23CC(C(=O)OC(C)(C)C)(C2)C3)C1. The van der Waals surface area contributed by atoms with Crippen molar-refractivity contribution in [1.29, 1.82) is 0 Å². The molecule has 0 aliphatic heterocycles. The van der Waals surface area contributed by atoms with Gasteiger partial charge in [0.15, 0.2) is 5.78 Å². The molecule has 4 aliphatic rings. The Morgan fingerprint density at radius 1 is 1.22 bits per heavy atom. The molecular formula is C20H28O3. The molecule has 4 aliphatic carbocycles. The van der Waals surface area contributed by atoms with E-state index in [1.54, 1.807) is 0 Å². The smallest absolute Gasteiger partial charge is 0.312 e. The van der Waals surface area contributed by atoms with E-state index in [1.165, 1.54) is 5.57 Å². The summed E-state index contributed by atoms with van der Waals surface area (Å²) >= 11 is 0. The second kappa shape index (κ2) is 4.81. The lowest BCUT2D eigenvalue weighted by Gasteiger charge is -2.70. The topological polar surface area (TPSA) is 43.4 Å². The van der Waals surface area contributed by atoms with Gasteiger partial charge in [-0.15, -0.1) is 0 Å². The van der Waals surface area contributed by atoms with Crippen molar-refractivity contribution in [1.82, 2.24) is 0 Å². The Morgan fingerprint density at radius 2 is 1.78 bits per heavy atom. The maximum atomic E-state index is 12.4. The number of ketones is 1. The second-order valence-corrected chi connectivity index (χ2v) is 9.07. The third-order valence-electron chi connectivity index (χ3n) is 5.95. The molecule has 23 heavy (non-hydrogen) atoms. The highest BCUT2D eigenvalue weighted by atomic mass is 16.6. The van der Waals surface area contributed by atoms with E-state index < -0.39 is 5.60 Å². The molecule has 4 rings (SSSR count). The normalized spacial score (nSPS) is 36.2. The molecule has 0 aromatic carbocycles. The zero-order valence-electron chi connectivity index (χ0n) is 15.0. The first-order valence-corrected chi connectivity index (χ1v) is 8.60. The van der Waals surface area contributed by atoms with Crippen LogP contribution in [-0.2, 0) is 14.3 Å². The molecule has 0 radical (unpaired) electrons. The van der Waals surface area contributed by atoms with Gasteiger partial charge in [-0.25, -0.2) is 0 Å². The Hall–Kier alpha value is -1.38. The van der Waals surface area contributed by atoms with Crippen LogP contribution in [0.25, 0.3) is 0 Å². The Kier molecular flexibility index (Phi) is 3.45. The van der Waals surface area contributed by atoms with E-state index in [0.29, 0.717) is 6.42 Å². The summed E-state index contributed by atoms with van der Waals surface area (Å²) in [7, 11) is 0. The highest BCUT2D eigenvalue weighted by Crippen LogP contribution is 2.77. The van der Waals surface area contributed by atoms with E-state index in [2.05, 4.69) is 6.58 Å². The molecule has 1 unspecified atom stereocenters. The highest BCUT2D eigenvalue weighted by molar-refractivity contribution is 5.97. The number of carbonyl (C=O) groups excluding carboxylic acids is 2. The van der Waals surface area contributed by atoms with Crippen molar-refractivity contribution in [2.24, 2.45) is 16.7 Å². The summed E-state index contributed by atoms with van der Waals surface area (Å²) in [6.07, 6.45) is 4.11. The molecule has 0 spiro atoms. The minimum Gasteiger partial charge on any atom is -0.460 e. The Morgan fingerprint density at radius 3 is 2.26 bits per heavy atom. The van der Waals surface area contributed by atoms with Crippen molar-refractivity contribution in [2.45, 2.75) is 72.3 Å². The van der Waals surface area contributed by atoms with Crippen LogP contribution in [0.2, 0.25) is 0 Å². The standard InChI is InChI=1S/C20H28O3/c1-12(2)14-7-15(13(3)16(21)8-14)19-9-20(10-19,11-19)17(22)23-18(4,5)6/h14H,1,7-11H2,2-6H3. The molecule has 3 heteroatoms. The van der Waals surface area contributed by atoms with Gasteiger partial charge in [0.1, 0.15) is 5.60 Å². The van der Waals surface area contributed by atoms with Crippen molar-refractivity contribution < 1.29 is 14.3 Å². The van der Waals surface area contributed by atoms with E-state index in [-0.39, 0.29) is 28.5 Å². The molecule has 0 N–H and O–H groups in total. The minimum absolute atomic E-state index is 0.0521. The largest absolute Gasteiger partial charge is 0.460 e. The van der Waals surface area contributed by atoms with Gasteiger partial charge >= 0.3 is 5.97 Å². The van der Waals surface area contributed by atoms with Gasteiger partial charge in [-0.3, -0.25) is 9.59 Å². The summed E-state index contributed by atoms with van der Waals surface area (Å²) in [4.78, 5) is 24.8. The molecule has 3 nitrogen and oxygen atoms in total. The molecule has 3 fully saturated rings. The first-order chi connectivity index (χ1) is 10.5. The summed E-state index contributed by atoms with van der Waals surface area (Å²) in [5.74, 6) is 0.478. The summed E-state index contributed by atoms with van der Waals surface area (Å²) in [5, 5.41) is 0. The van der Waals surface area contributed by atoms with Crippen LogP contribution < -0.4 is 0 Å². The zero-order chi connectivity index (χ0) is 17.2. The lowest BCUT2D eigenvalue weighted by atomic mass is 9.32. The van der Waals surface area contributed by atoms with Crippen LogP contribution in [0.3, 0.4) is 0 Å². The molecule has 0 aromatic heterocycles. The summed E-state index contributed by atoms with van der Waals surface area (Å²) in [6.45, 7) is 13.8. The summed E-state index contributed by atoms with van der Waals surface area (Å²) < 4.78 is 5.59. The van der Waals surface area contributed by atoms with E-state index in [9.17, 15) is 9.59 Å². The highest BCUT2D eigenvalue weighted by Gasteiger charge is 2.74. The molecule has 126 valence electrons. The number of hydrogen-bond donors (Lipinski definition) is 0. The van der Waals surface area contributed by atoms with Gasteiger partial charge in [-0.05, 0) is 77.2 Å². The first kappa shape index (κ1) is 16.5. The molecule has 3 saturated carbocycles. The predicted octanol–water partition coefficient (Wildman–Crippen LogP) is 4.37. The number of Topliss-reactive ketones (excluding diaryl/α,β-unsaturated/α-hetero) is 1. The lowest BCUT2D eigenvalue weighted by molar-refractivity contribution is -0.224. The summed E-state index contributed by atoms with van der Waals surface area (Å²) in [6, 6.07) is 0. The molecule has 0 saturated heterocycles. The monoisotopic (exact) mass is 316 g/mol. The van der Waals surface area contributed by atoms with E-state index in [0.717, 1.165) is 36.8 Å². The molecule has 1 atom stereocenters. The van der Waals surface area contributed by atoms with Crippen LogP contribution in [0.15, 0.2) is 23.3 Å². The maximum Gasteiger partial charge on any atom is 0.312 e. The molecule has 2 bridgehead atoms. The van der Waals surface area contributed by atoms with Crippen LogP contribution in [0.4, 0.5) is 0 Å². The van der Waals surface area contributed by atoms with Gasteiger partial charge < -0.3 is 4.74 Å². The number of carbonyl (C=O) groups is 2. The number of hydrogen-bond acceptors (Lipinski definition) is 3. The van der Waals surface area contributed by atoms with Crippen LogP contribution in [0, 0.1) is 16.7 Å². The van der Waals surface area contributed by atoms with Crippen LogP contribution in [0.1, 0.15) is 66.7 Å². The second-order valence-electron chi connectivity index (χ2n) is 9.07. The van der Waals surface area contributed by atoms with Crippen LogP contribution in [0.5, 0.6) is 0 Å². The van der Waals surface area contributed by atoms with E-state index in [1.807, 2.05) is 34.6 Å². The number of ether oxygens (including phenoxy) is 1. The quantitative estimate of drug-likeness (QED) is 0.573. The lowest BCUT2D eigenvalue weighted by Crippen LogP contribution is -2.67. The van der Waals surface area contributed by atoms with Gasteiger partial charge in [0.2, 0.25) is 0 Å². The average Bonchev–Trinajstić information content (AvgIpc) is 2.28. The Balaban J connectivity index is 1.74. The molecular weight excluding hydrogens is 288 g/mol. The van der Waals surface area contributed by atoms with Crippen molar-refractivity contribution in [2.75, 3.05) is 0 Å². The van der Waals surface area contributed by atoms with Gasteiger partial charge in [-0.2, -0.15) is 0 Å². The van der Waals surface area contributed by atoms with Crippen LogP contribution in [-0.4, -0.2) is 17.4 Å². The zero-order valence-corrected chi connectivity index (χ0v) is 15.0. The molecule has 0 amide bonds. The molecule has 0 heterocycles. The van der Waals surface area contributed by atoms with Crippen molar-refractivity contribution in [3.05, 3.63) is 23.3 Å². The maximum absolute atomic E-state index is 12.4.